The van der Waals surface area contributed by atoms with Gasteiger partial charge in [-0.3, -0.25) is 0 Å². The zero-order chi connectivity index (χ0) is 13.5. The number of anilines is 3. The van der Waals surface area contributed by atoms with Crippen molar-refractivity contribution >= 4 is 17.2 Å². The molecule has 0 fully saturated rings. The molecule has 0 aliphatic heterocycles. The van der Waals surface area contributed by atoms with Gasteiger partial charge < -0.3 is 16.0 Å². The summed E-state index contributed by atoms with van der Waals surface area (Å²) in [6.07, 6.45) is 4.11. The quantitative estimate of drug-likeness (QED) is 0.775. The molecule has 0 spiro atoms. The Bertz CT molecular complexity index is 500. The van der Waals surface area contributed by atoms with Crippen LogP contribution in [0.25, 0.3) is 0 Å². The van der Waals surface area contributed by atoms with Gasteiger partial charge in [-0.25, -0.2) is 9.97 Å². The summed E-state index contributed by atoms with van der Waals surface area (Å²) in [4.78, 5) is 10.2. The fourth-order valence-corrected chi connectivity index (χ4v) is 1.82. The molecule has 3 N–H and O–H groups in total. The number of nitrogens with zero attached hydrogens (tertiary/aromatic N) is 3. The molecule has 0 amide bonds. The van der Waals surface area contributed by atoms with E-state index >= 15 is 0 Å². The van der Waals surface area contributed by atoms with Crippen LogP contribution in [0.4, 0.5) is 17.2 Å². The fraction of sp³-hybridized carbons (Fsp3) is 0.286. The Balaban J connectivity index is 1.74. The second-order valence-electron chi connectivity index (χ2n) is 4.36. The summed E-state index contributed by atoms with van der Waals surface area (Å²) in [7, 11) is 2.09. The first-order chi connectivity index (χ1) is 9.27. The van der Waals surface area contributed by atoms with Crippen LogP contribution in [-0.4, -0.2) is 30.1 Å². The Kier molecular flexibility index (Phi) is 4.55. The molecule has 0 radical (unpaired) electrons. The standard InChI is InChI=1S/C14H19N5/c1-19(12-6-3-2-4-7-12)9-5-8-17-14-13(15)10-16-11-18-14/h2-4,6-7,10-11H,5,8-9,15H2,1H3,(H,16,17,18). The zero-order valence-electron chi connectivity index (χ0n) is 11.1. The monoisotopic (exact) mass is 257 g/mol. The van der Waals surface area contributed by atoms with Gasteiger partial charge in [-0.05, 0) is 18.6 Å². The molecule has 1 aromatic carbocycles. The van der Waals surface area contributed by atoms with Crippen LogP contribution in [0.5, 0.6) is 0 Å². The summed E-state index contributed by atoms with van der Waals surface area (Å²) in [5.41, 5.74) is 7.56. The molecule has 100 valence electrons. The van der Waals surface area contributed by atoms with Crippen molar-refractivity contribution in [1.29, 1.82) is 0 Å². The molecular formula is C14H19N5. The summed E-state index contributed by atoms with van der Waals surface area (Å²) in [6, 6.07) is 10.3. The van der Waals surface area contributed by atoms with Crippen LogP contribution in [0.15, 0.2) is 42.9 Å². The minimum Gasteiger partial charge on any atom is -0.394 e. The maximum Gasteiger partial charge on any atom is 0.152 e. The van der Waals surface area contributed by atoms with E-state index in [2.05, 4.69) is 39.4 Å². The molecule has 0 saturated carbocycles. The van der Waals surface area contributed by atoms with Crippen molar-refractivity contribution < 1.29 is 0 Å². The van der Waals surface area contributed by atoms with Gasteiger partial charge in [-0.15, -0.1) is 0 Å². The number of nitrogens with one attached hydrogen (secondary N) is 1. The average molecular weight is 257 g/mol. The highest BCUT2D eigenvalue weighted by Gasteiger charge is 2.01. The second kappa shape index (κ2) is 6.58. The highest BCUT2D eigenvalue weighted by atomic mass is 15.1. The third-order valence-electron chi connectivity index (χ3n) is 2.90. The molecule has 0 aliphatic carbocycles. The molecule has 0 unspecified atom stereocenters. The van der Waals surface area contributed by atoms with Gasteiger partial charge >= 0.3 is 0 Å². The highest BCUT2D eigenvalue weighted by molar-refractivity contribution is 5.58. The SMILES string of the molecule is CN(CCCNc1ncncc1N)c1ccccc1. The zero-order valence-corrected chi connectivity index (χ0v) is 11.1. The topological polar surface area (TPSA) is 67.1 Å². The molecule has 2 rings (SSSR count). The van der Waals surface area contributed by atoms with Crippen molar-refractivity contribution in [3.63, 3.8) is 0 Å². The molecule has 0 atom stereocenters. The number of para-hydroxylation sites is 1. The highest BCUT2D eigenvalue weighted by Crippen LogP contribution is 2.13. The van der Waals surface area contributed by atoms with Crippen molar-refractivity contribution in [3.8, 4) is 0 Å². The maximum atomic E-state index is 5.76. The first-order valence-electron chi connectivity index (χ1n) is 6.33. The Hall–Kier alpha value is -2.30. The Morgan fingerprint density at radius 2 is 2.05 bits per heavy atom. The van der Waals surface area contributed by atoms with Gasteiger partial charge in [0.2, 0.25) is 0 Å². The van der Waals surface area contributed by atoms with E-state index in [9.17, 15) is 0 Å². The van der Waals surface area contributed by atoms with Gasteiger partial charge in [0, 0.05) is 25.8 Å². The van der Waals surface area contributed by atoms with Gasteiger partial charge in [-0.2, -0.15) is 0 Å². The molecule has 19 heavy (non-hydrogen) atoms. The fourth-order valence-electron chi connectivity index (χ4n) is 1.82. The Labute approximate surface area is 113 Å². The van der Waals surface area contributed by atoms with Crippen molar-refractivity contribution in [3.05, 3.63) is 42.9 Å². The maximum absolute atomic E-state index is 5.76. The lowest BCUT2D eigenvalue weighted by Gasteiger charge is -2.19. The summed E-state index contributed by atoms with van der Waals surface area (Å²) >= 11 is 0. The predicted molar refractivity (Wildman–Crippen MR) is 79.3 cm³/mol. The van der Waals surface area contributed by atoms with Crippen molar-refractivity contribution in [1.82, 2.24) is 9.97 Å². The smallest absolute Gasteiger partial charge is 0.152 e. The largest absolute Gasteiger partial charge is 0.394 e. The summed E-state index contributed by atoms with van der Waals surface area (Å²) in [5, 5.41) is 3.22. The Morgan fingerprint density at radius 3 is 2.79 bits per heavy atom. The van der Waals surface area contributed by atoms with E-state index < -0.39 is 0 Å². The normalized spacial score (nSPS) is 10.2. The third kappa shape index (κ3) is 3.84. The number of nitrogens with two attached hydrogens (primary N) is 1. The van der Waals surface area contributed by atoms with Gasteiger partial charge in [-0.1, -0.05) is 18.2 Å². The second-order valence-corrected chi connectivity index (χ2v) is 4.36. The van der Waals surface area contributed by atoms with Crippen LogP contribution in [0, 0.1) is 0 Å². The molecule has 5 nitrogen and oxygen atoms in total. The predicted octanol–water partition coefficient (Wildman–Crippen LogP) is 2.00. The van der Waals surface area contributed by atoms with Crippen molar-refractivity contribution in [2.24, 2.45) is 0 Å². The van der Waals surface area contributed by atoms with Crippen LogP contribution in [0.3, 0.4) is 0 Å². The summed E-state index contributed by atoms with van der Waals surface area (Å²) < 4.78 is 0. The number of benzene rings is 1. The molecule has 0 bridgehead atoms. The first kappa shape index (κ1) is 13.1. The summed E-state index contributed by atoms with van der Waals surface area (Å²) in [5.74, 6) is 0.706. The molecule has 0 aliphatic rings. The lowest BCUT2D eigenvalue weighted by atomic mass is 10.3. The molecule has 0 saturated heterocycles. The Morgan fingerprint density at radius 1 is 1.26 bits per heavy atom. The first-order valence-corrected chi connectivity index (χ1v) is 6.33. The van der Waals surface area contributed by atoms with E-state index in [4.69, 9.17) is 5.73 Å². The average Bonchev–Trinajstić information content (AvgIpc) is 2.46. The van der Waals surface area contributed by atoms with E-state index in [-0.39, 0.29) is 0 Å². The lowest BCUT2D eigenvalue weighted by molar-refractivity contribution is 0.814. The molecular weight excluding hydrogens is 238 g/mol. The van der Waals surface area contributed by atoms with E-state index in [0.29, 0.717) is 11.5 Å². The van der Waals surface area contributed by atoms with E-state index in [1.54, 1.807) is 6.20 Å². The molecule has 2 aromatic rings. The number of nitrogen functional groups attached to an aromatic ring is 1. The molecule has 1 heterocycles. The molecule has 1 aromatic heterocycles. The van der Waals surface area contributed by atoms with Crippen LogP contribution >= 0.6 is 0 Å². The van der Waals surface area contributed by atoms with Gasteiger partial charge in [0.1, 0.15) is 6.33 Å². The van der Waals surface area contributed by atoms with Gasteiger partial charge in [0.05, 0.1) is 11.9 Å². The number of hydrogen-bond acceptors (Lipinski definition) is 5. The van der Waals surface area contributed by atoms with E-state index in [1.807, 2.05) is 18.2 Å². The lowest BCUT2D eigenvalue weighted by Crippen LogP contribution is -2.21. The van der Waals surface area contributed by atoms with E-state index in [0.717, 1.165) is 19.5 Å². The van der Waals surface area contributed by atoms with Crippen molar-refractivity contribution in [2.45, 2.75) is 6.42 Å². The number of hydrogen-bond donors (Lipinski definition) is 2. The number of aromatic nitrogens is 2. The third-order valence-corrected chi connectivity index (χ3v) is 2.90. The minimum atomic E-state index is 0.582. The number of rotatable bonds is 6. The van der Waals surface area contributed by atoms with Gasteiger partial charge in [0.25, 0.3) is 0 Å². The van der Waals surface area contributed by atoms with Crippen LogP contribution in [0.2, 0.25) is 0 Å². The van der Waals surface area contributed by atoms with Crippen molar-refractivity contribution in [2.75, 3.05) is 36.1 Å². The van der Waals surface area contributed by atoms with E-state index in [1.165, 1.54) is 12.0 Å². The summed E-state index contributed by atoms with van der Waals surface area (Å²) in [6.45, 7) is 1.81. The van der Waals surface area contributed by atoms with Crippen LogP contribution < -0.4 is 16.0 Å². The van der Waals surface area contributed by atoms with Crippen LogP contribution in [-0.2, 0) is 0 Å². The minimum absolute atomic E-state index is 0.582. The molecule has 5 heteroatoms. The van der Waals surface area contributed by atoms with Gasteiger partial charge in [0.15, 0.2) is 5.82 Å². The van der Waals surface area contributed by atoms with Crippen LogP contribution in [0.1, 0.15) is 6.42 Å².